The van der Waals surface area contributed by atoms with Gasteiger partial charge in [0.2, 0.25) is 15.9 Å². The molecule has 1 amide bonds. The number of thiophene rings is 1. The first kappa shape index (κ1) is 19.4. The van der Waals surface area contributed by atoms with Crippen molar-refractivity contribution in [2.75, 3.05) is 24.6 Å². The zero-order valence-corrected chi connectivity index (χ0v) is 16.1. The molecule has 1 aromatic heterocycles. The highest BCUT2D eigenvalue weighted by Gasteiger charge is 2.17. The van der Waals surface area contributed by atoms with Gasteiger partial charge in [0.25, 0.3) is 0 Å². The van der Waals surface area contributed by atoms with Crippen molar-refractivity contribution in [3.8, 4) is 5.75 Å². The minimum Gasteiger partial charge on any atom is -0.494 e. The molecule has 0 unspecified atom stereocenters. The average molecular weight is 383 g/mol. The Balaban J connectivity index is 2.01. The predicted octanol–water partition coefficient (Wildman–Crippen LogP) is 2.79. The number of carbonyl (C=O) groups is 1. The van der Waals surface area contributed by atoms with Crippen LogP contribution in [-0.2, 0) is 14.8 Å². The summed E-state index contributed by atoms with van der Waals surface area (Å²) in [5.41, 5.74) is 0.696. The van der Waals surface area contributed by atoms with Crippen LogP contribution in [0, 0.1) is 6.92 Å². The molecule has 2 aromatic rings. The van der Waals surface area contributed by atoms with Gasteiger partial charge >= 0.3 is 0 Å². The third kappa shape index (κ3) is 5.29. The fourth-order valence-electron chi connectivity index (χ4n) is 2.28. The molecule has 0 spiro atoms. The van der Waals surface area contributed by atoms with E-state index in [0.29, 0.717) is 12.3 Å². The average Bonchev–Trinajstić information content (AvgIpc) is 3.00. The van der Waals surface area contributed by atoms with Gasteiger partial charge in [0.15, 0.2) is 0 Å². The monoisotopic (exact) mass is 382 g/mol. The predicted molar refractivity (Wildman–Crippen MR) is 99.9 cm³/mol. The third-order valence-electron chi connectivity index (χ3n) is 3.45. The van der Waals surface area contributed by atoms with Crippen molar-refractivity contribution >= 4 is 33.0 Å². The molecule has 0 bridgehead atoms. The topological polar surface area (TPSA) is 75.7 Å². The number of ether oxygens (including phenoxy) is 1. The van der Waals surface area contributed by atoms with E-state index in [1.165, 1.54) is 23.2 Å². The molecule has 8 heteroatoms. The Bertz CT molecular complexity index is 813. The van der Waals surface area contributed by atoms with Gasteiger partial charge in [0, 0.05) is 30.6 Å². The van der Waals surface area contributed by atoms with E-state index in [0.717, 1.165) is 10.6 Å². The third-order valence-corrected chi connectivity index (χ3v) is 6.40. The summed E-state index contributed by atoms with van der Waals surface area (Å²) in [7, 11) is -3.55. The summed E-state index contributed by atoms with van der Waals surface area (Å²) in [6.45, 7) is 6.15. The van der Waals surface area contributed by atoms with Gasteiger partial charge in [-0.15, -0.1) is 11.3 Å². The molecule has 0 atom stereocenters. The van der Waals surface area contributed by atoms with Crippen LogP contribution in [0.5, 0.6) is 5.75 Å². The first-order valence-electron chi connectivity index (χ1n) is 7.90. The Morgan fingerprint density at radius 1 is 1.20 bits per heavy atom. The lowest BCUT2D eigenvalue weighted by molar-refractivity contribution is -0.116. The molecule has 1 N–H and O–H groups in total. The van der Waals surface area contributed by atoms with Crippen LogP contribution >= 0.6 is 11.3 Å². The van der Waals surface area contributed by atoms with Crippen molar-refractivity contribution in [2.45, 2.75) is 25.0 Å². The van der Waals surface area contributed by atoms with Crippen molar-refractivity contribution in [3.63, 3.8) is 0 Å². The molecule has 2 rings (SSSR count). The number of amides is 1. The zero-order valence-electron chi connectivity index (χ0n) is 14.5. The Kier molecular flexibility index (Phi) is 6.57. The smallest absolute Gasteiger partial charge is 0.250 e. The molecule has 0 aliphatic heterocycles. The number of aryl methyl sites for hydroxylation is 1. The van der Waals surface area contributed by atoms with Gasteiger partial charge in [-0.1, -0.05) is 0 Å². The Morgan fingerprint density at radius 2 is 1.88 bits per heavy atom. The van der Waals surface area contributed by atoms with Crippen molar-refractivity contribution in [1.82, 2.24) is 4.72 Å². The van der Waals surface area contributed by atoms with Gasteiger partial charge in [0.05, 0.1) is 6.61 Å². The molecule has 1 aromatic carbocycles. The largest absolute Gasteiger partial charge is 0.494 e. The Hall–Kier alpha value is -1.90. The maximum Gasteiger partial charge on any atom is 0.250 e. The molecule has 0 saturated carbocycles. The lowest BCUT2D eigenvalue weighted by Gasteiger charge is -2.21. The van der Waals surface area contributed by atoms with Crippen LogP contribution in [-0.4, -0.2) is 34.0 Å². The maximum atomic E-state index is 12.2. The van der Waals surface area contributed by atoms with Gasteiger partial charge in [0.1, 0.15) is 9.96 Å². The van der Waals surface area contributed by atoms with Crippen LogP contribution < -0.4 is 14.4 Å². The number of sulfonamides is 1. The van der Waals surface area contributed by atoms with Crippen molar-refractivity contribution in [1.29, 1.82) is 0 Å². The van der Waals surface area contributed by atoms with E-state index in [-0.39, 0.29) is 23.2 Å². The summed E-state index contributed by atoms with van der Waals surface area (Å²) in [6.07, 6.45) is 0. The van der Waals surface area contributed by atoms with Crippen LogP contribution in [0.15, 0.2) is 40.6 Å². The number of rotatable bonds is 8. The summed E-state index contributed by atoms with van der Waals surface area (Å²) >= 11 is 1.22. The standard InChI is InChI=1S/C17H22N2O4S2/c1-4-23-16-8-6-15(7-9-16)19(14(3)20)12-11-18-25(21,22)17-10-5-13(2)24-17/h5-10,18H,4,11-12H2,1-3H3. The summed E-state index contributed by atoms with van der Waals surface area (Å²) in [6, 6.07) is 10.5. The van der Waals surface area contributed by atoms with E-state index in [2.05, 4.69) is 4.72 Å². The molecule has 6 nitrogen and oxygen atoms in total. The maximum absolute atomic E-state index is 12.2. The molecule has 0 aliphatic rings. The number of nitrogens with one attached hydrogen (secondary N) is 1. The summed E-state index contributed by atoms with van der Waals surface area (Å²) in [5.74, 6) is 0.568. The van der Waals surface area contributed by atoms with Crippen LogP contribution in [0.2, 0.25) is 0 Å². The normalized spacial score (nSPS) is 11.3. The van der Waals surface area contributed by atoms with E-state index in [1.54, 1.807) is 36.4 Å². The van der Waals surface area contributed by atoms with Crippen LogP contribution in [0.3, 0.4) is 0 Å². The van der Waals surface area contributed by atoms with Crippen molar-refractivity contribution in [2.24, 2.45) is 0 Å². The summed E-state index contributed by atoms with van der Waals surface area (Å²) < 4.78 is 32.7. The van der Waals surface area contributed by atoms with E-state index in [9.17, 15) is 13.2 Å². The summed E-state index contributed by atoms with van der Waals surface area (Å²) in [4.78, 5) is 14.4. The second-order valence-electron chi connectivity index (χ2n) is 5.36. The van der Waals surface area contributed by atoms with Gasteiger partial charge in [-0.3, -0.25) is 4.79 Å². The van der Waals surface area contributed by atoms with E-state index >= 15 is 0 Å². The minimum absolute atomic E-state index is 0.131. The highest BCUT2D eigenvalue weighted by molar-refractivity contribution is 7.91. The molecule has 25 heavy (non-hydrogen) atoms. The first-order valence-corrected chi connectivity index (χ1v) is 10.2. The van der Waals surface area contributed by atoms with Crippen LogP contribution in [0.25, 0.3) is 0 Å². The molecule has 0 radical (unpaired) electrons. The number of anilines is 1. The Morgan fingerprint density at radius 3 is 2.40 bits per heavy atom. The number of hydrogen-bond acceptors (Lipinski definition) is 5. The lowest BCUT2D eigenvalue weighted by Crippen LogP contribution is -2.37. The Labute approximate surface area is 152 Å². The second kappa shape index (κ2) is 8.46. The SMILES string of the molecule is CCOc1ccc(N(CCNS(=O)(=O)c2ccc(C)s2)C(C)=O)cc1. The number of benzene rings is 1. The quantitative estimate of drug-likeness (QED) is 0.762. The van der Waals surface area contributed by atoms with Gasteiger partial charge in [-0.2, -0.15) is 0 Å². The second-order valence-corrected chi connectivity index (χ2v) is 8.64. The number of hydrogen-bond donors (Lipinski definition) is 1. The van der Waals surface area contributed by atoms with Crippen LogP contribution in [0.1, 0.15) is 18.7 Å². The van der Waals surface area contributed by atoms with Crippen molar-refractivity contribution < 1.29 is 17.9 Å². The molecule has 0 aliphatic carbocycles. The van der Waals surface area contributed by atoms with Gasteiger partial charge in [-0.05, 0) is 50.2 Å². The molecular weight excluding hydrogens is 360 g/mol. The number of carbonyl (C=O) groups excluding carboxylic acids is 1. The number of nitrogens with zero attached hydrogens (tertiary/aromatic N) is 1. The van der Waals surface area contributed by atoms with Gasteiger partial charge < -0.3 is 9.64 Å². The van der Waals surface area contributed by atoms with E-state index < -0.39 is 10.0 Å². The van der Waals surface area contributed by atoms with Crippen molar-refractivity contribution in [3.05, 3.63) is 41.3 Å². The fourth-order valence-corrected chi connectivity index (χ4v) is 4.63. The highest BCUT2D eigenvalue weighted by atomic mass is 32.2. The molecule has 0 fully saturated rings. The molecule has 1 heterocycles. The zero-order chi connectivity index (χ0) is 18.4. The highest BCUT2D eigenvalue weighted by Crippen LogP contribution is 2.21. The van der Waals surface area contributed by atoms with E-state index in [4.69, 9.17) is 4.74 Å². The van der Waals surface area contributed by atoms with E-state index in [1.807, 2.05) is 13.8 Å². The first-order chi connectivity index (χ1) is 11.8. The molecule has 0 saturated heterocycles. The van der Waals surface area contributed by atoms with Crippen LogP contribution in [0.4, 0.5) is 5.69 Å². The summed E-state index contributed by atoms with van der Waals surface area (Å²) in [5, 5.41) is 0. The minimum atomic E-state index is -3.55. The lowest BCUT2D eigenvalue weighted by atomic mass is 10.2. The molecular formula is C17H22N2O4S2. The molecule has 136 valence electrons. The fraction of sp³-hybridized carbons (Fsp3) is 0.353. The van der Waals surface area contributed by atoms with Gasteiger partial charge in [-0.25, -0.2) is 13.1 Å².